The highest BCUT2D eigenvalue weighted by atomic mass is 19.1. The summed E-state index contributed by atoms with van der Waals surface area (Å²) in [7, 11) is 0. The molecule has 0 aliphatic heterocycles. The quantitative estimate of drug-likeness (QED) is 0.385. The molecule has 0 radical (unpaired) electrons. The van der Waals surface area contributed by atoms with E-state index in [4.69, 9.17) is 15.7 Å². The monoisotopic (exact) mass is 261 g/mol. The van der Waals surface area contributed by atoms with Crippen LogP contribution in [0.4, 0.5) is 4.39 Å². The first-order valence-corrected chi connectivity index (χ1v) is 5.48. The highest BCUT2D eigenvalue weighted by Crippen LogP contribution is 2.24. The van der Waals surface area contributed by atoms with Gasteiger partial charge in [0.2, 0.25) is 0 Å². The molecule has 3 N–H and O–H groups in total. The van der Waals surface area contributed by atoms with Crippen molar-refractivity contribution >= 4 is 5.84 Å². The zero-order valence-electron chi connectivity index (χ0n) is 10.2. The Morgan fingerprint density at radius 3 is 2.79 bits per heavy atom. The molecule has 1 aromatic carbocycles. The Morgan fingerprint density at radius 1 is 1.37 bits per heavy atom. The second kappa shape index (κ2) is 5.34. The zero-order chi connectivity index (χ0) is 13.8. The first-order chi connectivity index (χ1) is 9.10. The van der Waals surface area contributed by atoms with Crippen LogP contribution in [0.2, 0.25) is 0 Å². The molecule has 0 fully saturated rings. The standard InChI is InChI=1S/C13H12FN3O2/c1-8-2-4-10(14)12(6-8)19-9-3-5-11(16-7-9)13(15)17-18/h2-7,18H,1H3,(H2,15,17). The average Bonchev–Trinajstić information content (AvgIpc) is 2.43. The molecule has 2 aromatic rings. The van der Waals surface area contributed by atoms with Crippen molar-refractivity contribution in [3.63, 3.8) is 0 Å². The molecule has 2 rings (SSSR count). The third-order valence-electron chi connectivity index (χ3n) is 2.42. The van der Waals surface area contributed by atoms with E-state index in [0.29, 0.717) is 11.4 Å². The number of oxime groups is 1. The Hall–Kier alpha value is -2.63. The van der Waals surface area contributed by atoms with Crippen molar-refractivity contribution in [1.82, 2.24) is 4.98 Å². The number of halogens is 1. The lowest BCUT2D eigenvalue weighted by Crippen LogP contribution is -2.14. The molecule has 5 nitrogen and oxygen atoms in total. The maximum absolute atomic E-state index is 13.5. The number of hydrogen-bond donors (Lipinski definition) is 2. The molecule has 0 spiro atoms. The van der Waals surface area contributed by atoms with E-state index in [2.05, 4.69) is 10.1 Å². The number of hydrogen-bond acceptors (Lipinski definition) is 4. The summed E-state index contributed by atoms with van der Waals surface area (Å²) in [4.78, 5) is 3.93. The number of aromatic nitrogens is 1. The van der Waals surface area contributed by atoms with Crippen LogP contribution in [0.5, 0.6) is 11.5 Å². The molecular formula is C13H12FN3O2. The molecule has 1 heterocycles. The molecule has 0 aliphatic rings. The van der Waals surface area contributed by atoms with Crippen LogP contribution in [0.15, 0.2) is 41.7 Å². The van der Waals surface area contributed by atoms with Crippen molar-refractivity contribution in [2.45, 2.75) is 6.92 Å². The second-order valence-electron chi connectivity index (χ2n) is 3.90. The topological polar surface area (TPSA) is 80.7 Å². The SMILES string of the molecule is Cc1ccc(F)c(Oc2ccc(/C(N)=N/O)nc2)c1. The predicted octanol–water partition coefficient (Wildman–Crippen LogP) is 2.42. The maximum atomic E-state index is 13.5. The molecule has 98 valence electrons. The van der Waals surface area contributed by atoms with Crippen molar-refractivity contribution in [3.05, 3.63) is 53.6 Å². The summed E-state index contributed by atoms with van der Waals surface area (Å²) in [6, 6.07) is 7.65. The number of nitrogens with zero attached hydrogens (tertiary/aromatic N) is 2. The van der Waals surface area contributed by atoms with E-state index in [1.54, 1.807) is 18.2 Å². The van der Waals surface area contributed by atoms with Gasteiger partial charge in [-0.25, -0.2) is 9.37 Å². The predicted molar refractivity (Wildman–Crippen MR) is 68.0 cm³/mol. The fraction of sp³-hybridized carbons (Fsp3) is 0.0769. The number of benzene rings is 1. The number of nitrogens with two attached hydrogens (primary N) is 1. The first kappa shape index (κ1) is 12.8. The summed E-state index contributed by atoms with van der Waals surface area (Å²) in [5, 5.41) is 11.3. The number of ether oxygens (including phenoxy) is 1. The zero-order valence-corrected chi connectivity index (χ0v) is 10.2. The largest absolute Gasteiger partial charge is 0.453 e. The van der Waals surface area contributed by atoms with Gasteiger partial charge < -0.3 is 15.7 Å². The van der Waals surface area contributed by atoms with Crippen LogP contribution >= 0.6 is 0 Å². The van der Waals surface area contributed by atoms with E-state index < -0.39 is 5.82 Å². The minimum Gasteiger partial charge on any atom is -0.453 e. The van der Waals surface area contributed by atoms with E-state index in [-0.39, 0.29) is 11.6 Å². The Balaban J connectivity index is 2.22. The molecular weight excluding hydrogens is 249 g/mol. The van der Waals surface area contributed by atoms with Crippen LogP contribution in [0.3, 0.4) is 0 Å². The molecule has 0 amide bonds. The van der Waals surface area contributed by atoms with Crippen LogP contribution in [-0.4, -0.2) is 16.0 Å². The summed E-state index contributed by atoms with van der Waals surface area (Å²) in [5.41, 5.74) is 6.57. The summed E-state index contributed by atoms with van der Waals surface area (Å²) < 4.78 is 18.9. The van der Waals surface area contributed by atoms with E-state index in [9.17, 15) is 4.39 Å². The molecule has 0 aliphatic carbocycles. The Kier molecular flexibility index (Phi) is 3.61. The molecule has 0 saturated carbocycles. The minimum atomic E-state index is -0.453. The fourth-order valence-electron chi connectivity index (χ4n) is 1.46. The third kappa shape index (κ3) is 2.98. The van der Waals surface area contributed by atoms with Crippen molar-refractivity contribution in [3.8, 4) is 11.5 Å². The van der Waals surface area contributed by atoms with E-state index in [1.807, 2.05) is 6.92 Å². The van der Waals surface area contributed by atoms with Crippen LogP contribution in [0.1, 0.15) is 11.3 Å². The lowest BCUT2D eigenvalue weighted by Gasteiger charge is -2.07. The molecule has 0 saturated heterocycles. The summed E-state index contributed by atoms with van der Waals surface area (Å²) in [6.07, 6.45) is 1.37. The van der Waals surface area contributed by atoms with Gasteiger partial charge in [-0.3, -0.25) is 0 Å². The number of rotatable bonds is 3. The van der Waals surface area contributed by atoms with Crippen LogP contribution < -0.4 is 10.5 Å². The van der Waals surface area contributed by atoms with Gasteiger partial charge in [0.25, 0.3) is 0 Å². The summed E-state index contributed by atoms with van der Waals surface area (Å²) in [6.45, 7) is 1.84. The van der Waals surface area contributed by atoms with Gasteiger partial charge in [-0.15, -0.1) is 0 Å². The first-order valence-electron chi connectivity index (χ1n) is 5.48. The van der Waals surface area contributed by atoms with E-state index in [0.717, 1.165) is 5.56 Å². The second-order valence-corrected chi connectivity index (χ2v) is 3.90. The lowest BCUT2D eigenvalue weighted by molar-refractivity contribution is 0.318. The van der Waals surface area contributed by atoms with Crippen molar-refractivity contribution in [2.75, 3.05) is 0 Å². The van der Waals surface area contributed by atoms with Gasteiger partial charge >= 0.3 is 0 Å². The maximum Gasteiger partial charge on any atom is 0.188 e. The highest BCUT2D eigenvalue weighted by Gasteiger charge is 2.06. The van der Waals surface area contributed by atoms with Gasteiger partial charge in [-0.1, -0.05) is 11.2 Å². The lowest BCUT2D eigenvalue weighted by atomic mass is 10.2. The summed E-state index contributed by atoms with van der Waals surface area (Å²) >= 11 is 0. The molecule has 0 unspecified atom stereocenters. The van der Waals surface area contributed by atoms with Crippen molar-refractivity contribution < 1.29 is 14.3 Å². The van der Waals surface area contributed by atoms with Gasteiger partial charge in [0.1, 0.15) is 11.4 Å². The van der Waals surface area contributed by atoms with Gasteiger partial charge in [0.15, 0.2) is 17.4 Å². The average molecular weight is 261 g/mol. The van der Waals surface area contributed by atoms with Crippen LogP contribution in [0, 0.1) is 12.7 Å². The normalized spacial score (nSPS) is 11.4. The molecule has 0 bridgehead atoms. The Morgan fingerprint density at radius 2 is 2.16 bits per heavy atom. The molecule has 1 aromatic heterocycles. The Bertz CT molecular complexity index is 612. The summed E-state index contributed by atoms with van der Waals surface area (Å²) in [5.74, 6) is -0.0725. The number of amidine groups is 1. The van der Waals surface area contributed by atoms with E-state index >= 15 is 0 Å². The third-order valence-corrected chi connectivity index (χ3v) is 2.42. The van der Waals surface area contributed by atoms with E-state index in [1.165, 1.54) is 18.3 Å². The fourth-order valence-corrected chi connectivity index (χ4v) is 1.46. The van der Waals surface area contributed by atoms with Crippen LogP contribution in [0.25, 0.3) is 0 Å². The highest BCUT2D eigenvalue weighted by molar-refractivity contribution is 5.95. The van der Waals surface area contributed by atoms with Gasteiger partial charge in [0, 0.05) is 0 Å². The Labute approximate surface area is 109 Å². The van der Waals surface area contributed by atoms with Crippen molar-refractivity contribution in [2.24, 2.45) is 10.9 Å². The number of aryl methyl sites for hydroxylation is 1. The number of pyridine rings is 1. The minimum absolute atomic E-state index is 0.103. The van der Waals surface area contributed by atoms with Gasteiger partial charge in [-0.2, -0.15) is 0 Å². The molecule has 6 heteroatoms. The van der Waals surface area contributed by atoms with Crippen LogP contribution in [-0.2, 0) is 0 Å². The van der Waals surface area contributed by atoms with Crippen molar-refractivity contribution in [1.29, 1.82) is 0 Å². The van der Waals surface area contributed by atoms with Gasteiger partial charge in [0.05, 0.1) is 6.20 Å². The smallest absolute Gasteiger partial charge is 0.188 e. The van der Waals surface area contributed by atoms with Gasteiger partial charge in [-0.05, 0) is 36.8 Å². The molecule has 0 atom stereocenters. The molecule has 19 heavy (non-hydrogen) atoms.